The van der Waals surface area contributed by atoms with Crippen LogP contribution in [0.4, 0.5) is 24.5 Å². The van der Waals surface area contributed by atoms with Crippen molar-refractivity contribution >= 4 is 91.3 Å². The minimum absolute atomic E-state index is 0.0204. The molecule has 0 fully saturated rings. The van der Waals surface area contributed by atoms with Crippen molar-refractivity contribution in [1.29, 1.82) is 0 Å². The van der Waals surface area contributed by atoms with Crippen LogP contribution in [0.3, 0.4) is 0 Å². The number of amides is 5. The molecular weight excluding hydrogens is 1040 g/mol. The molecule has 3 unspecified atom stereocenters. The van der Waals surface area contributed by atoms with Gasteiger partial charge in [0.05, 0.1) is 76.7 Å². The van der Waals surface area contributed by atoms with Gasteiger partial charge in [-0.3, -0.25) is 24.0 Å². The van der Waals surface area contributed by atoms with Crippen LogP contribution in [0.25, 0.3) is 16.8 Å². The lowest BCUT2D eigenvalue weighted by Gasteiger charge is -2.26. The number of carboxylic acid groups (broad SMARTS) is 1. The zero-order chi connectivity index (χ0) is 53.1. The number of halogens is 5. The largest absolute Gasteiger partial charge is 0.497 e. The first-order valence-electron chi connectivity index (χ1n) is 23.2. The van der Waals surface area contributed by atoms with Gasteiger partial charge in [-0.2, -0.15) is 13.2 Å². The monoisotopic (exact) mass is 1100 g/mol. The number of anilines is 2. The van der Waals surface area contributed by atoms with E-state index in [0.717, 1.165) is 21.9 Å². The fourth-order valence-electron chi connectivity index (χ4n) is 7.12. The van der Waals surface area contributed by atoms with Crippen LogP contribution in [0.2, 0.25) is 0 Å². The quantitative estimate of drug-likeness (QED) is 0.0274. The number of nitrogens with one attached hydrogen (secondary N) is 4. The molecule has 4 rings (SSSR count). The number of methoxy groups -OCH3 is 1. The van der Waals surface area contributed by atoms with Crippen LogP contribution in [0.1, 0.15) is 56.6 Å². The molecule has 72 heavy (non-hydrogen) atoms. The van der Waals surface area contributed by atoms with E-state index in [0.29, 0.717) is 95.7 Å². The Balaban J connectivity index is 0.00000181. The molecule has 3 aromatic carbocycles. The first-order chi connectivity index (χ1) is 34.4. The maximum Gasteiger partial charge on any atom is 0.490 e. The predicted molar refractivity (Wildman–Crippen MR) is 270 cm³/mol. The number of benzene rings is 3. The molecule has 3 aromatic rings. The van der Waals surface area contributed by atoms with E-state index >= 15 is 0 Å². The van der Waals surface area contributed by atoms with Crippen LogP contribution in [-0.4, -0.2) is 150 Å². The summed E-state index contributed by atoms with van der Waals surface area (Å²) in [7, 11) is 1.59. The Hall–Kier alpha value is -5.36. The highest BCUT2D eigenvalue weighted by atomic mass is 79.9. The Kier molecular flexibility index (Phi) is 27.6. The van der Waals surface area contributed by atoms with Gasteiger partial charge >= 0.3 is 12.1 Å². The summed E-state index contributed by atoms with van der Waals surface area (Å²) in [5.74, 6) is -3.83. The van der Waals surface area contributed by atoms with Crippen molar-refractivity contribution in [3.05, 3.63) is 71.8 Å². The molecular formula is C49H65BrClF3N6O12. The summed E-state index contributed by atoms with van der Waals surface area (Å²) in [6.45, 7) is 7.51. The van der Waals surface area contributed by atoms with Gasteiger partial charge in [-0.1, -0.05) is 66.2 Å². The van der Waals surface area contributed by atoms with Crippen molar-refractivity contribution in [2.24, 2.45) is 11.7 Å². The summed E-state index contributed by atoms with van der Waals surface area (Å²) < 4.78 is 58.9. The van der Waals surface area contributed by atoms with Crippen molar-refractivity contribution in [2.45, 2.75) is 63.7 Å². The Morgan fingerprint density at radius 1 is 0.861 bits per heavy atom. The van der Waals surface area contributed by atoms with Crippen molar-refractivity contribution in [2.75, 3.05) is 101 Å². The normalized spacial score (nSPS) is 14.0. The number of rotatable bonds is 30. The summed E-state index contributed by atoms with van der Waals surface area (Å²) in [5.41, 5.74) is 8.68. The van der Waals surface area contributed by atoms with Gasteiger partial charge in [0.15, 0.2) is 0 Å². The van der Waals surface area contributed by atoms with E-state index < -0.39 is 36.0 Å². The average Bonchev–Trinajstić information content (AvgIpc) is 3.74. The maximum atomic E-state index is 14.2. The molecule has 18 nitrogen and oxygen atoms in total. The lowest BCUT2D eigenvalue weighted by molar-refractivity contribution is -0.192. The number of nitrogens with two attached hydrogens (primary N) is 1. The molecule has 3 atom stereocenters. The summed E-state index contributed by atoms with van der Waals surface area (Å²) in [5, 5.41) is 20.5. The first-order valence-corrected chi connectivity index (χ1v) is 24.9. The fourth-order valence-corrected chi connectivity index (χ4v) is 7.57. The number of hydrogen-bond donors (Lipinski definition) is 6. The van der Waals surface area contributed by atoms with Crippen molar-refractivity contribution < 1.29 is 70.7 Å². The molecule has 1 aliphatic heterocycles. The third kappa shape index (κ3) is 21.0. The van der Waals surface area contributed by atoms with Crippen molar-refractivity contribution in [1.82, 2.24) is 16.0 Å². The second-order valence-corrected chi connectivity index (χ2v) is 17.3. The van der Waals surface area contributed by atoms with Gasteiger partial charge in [0.25, 0.3) is 5.91 Å². The minimum Gasteiger partial charge on any atom is -0.497 e. The van der Waals surface area contributed by atoms with E-state index in [2.05, 4.69) is 37.2 Å². The number of carboxylic acids is 1. The maximum absolute atomic E-state index is 14.2. The molecule has 0 saturated carbocycles. The molecule has 1 aliphatic rings. The van der Waals surface area contributed by atoms with Gasteiger partial charge in [-0.05, 0) is 72.5 Å². The minimum atomic E-state index is -5.08. The Morgan fingerprint density at radius 3 is 2.01 bits per heavy atom. The third-order valence-electron chi connectivity index (χ3n) is 10.8. The third-order valence-corrected chi connectivity index (χ3v) is 11.7. The Morgan fingerprint density at radius 2 is 1.46 bits per heavy atom. The number of fused-ring (bicyclic) bond motifs is 3. The Bertz CT molecular complexity index is 2240. The molecule has 0 radical (unpaired) electrons. The van der Waals surface area contributed by atoms with E-state index in [1.165, 1.54) is 6.08 Å². The van der Waals surface area contributed by atoms with Gasteiger partial charge in [0.1, 0.15) is 17.8 Å². The lowest BCUT2D eigenvalue weighted by Crippen LogP contribution is -2.54. The average molecular weight is 1100 g/mol. The lowest BCUT2D eigenvalue weighted by atomic mass is 9.94. The van der Waals surface area contributed by atoms with Crippen molar-refractivity contribution in [3.8, 4) is 5.75 Å². The van der Waals surface area contributed by atoms with E-state index in [-0.39, 0.29) is 60.4 Å². The second-order valence-electron chi connectivity index (χ2n) is 16.4. The topological polar surface area (TPSA) is 246 Å². The molecule has 23 heteroatoms. The first kappa shape index (κ1) is 60.9. The second kappa shape index (κ2) is 32.7. The number of nitrogens with zero attached hydrogens (tertiary/aromatic N) is 1. The van der Waals surface area contributed by atoms with Crippen LogP contribution in [-0.2, 0) is 47.7 Å². The number of aliphatic carboxylic acids is 1. The molecule has 5 amide bonds. The number of carbonyl (C=O) groups excluding carboxylic acids is 5. The van der Waals surface area contributed by atoms with E-state index in [1.54, 1.807) is 24.2 Å². The van der Waals surface area contributed by atoms with Crippen LogP contribution in [0, 0.1) is 5.92 Å². The summed E-state index contributed by atoms with van der Waals surface area (Å²) in [6, 6.07) is 14.9. The Labute approximate surface area is 430 Å². The van der Waals surface area contributed by atoms with Crippen LogP contribution >= 0.6 is 27.5 Å². The predicted octanol–water partition coefficient (Wildman–Crippen LogP) is 5.52. The van der Waals surface area contributed by atoms with Gasteiger partial charge in [0, 0.05) is 42.8 Å². The van der Waals surface area contributed by atoms with Gasteiger partial charge in [-0.25, -0.2) is 4.79 Å². The highest BCUT2D eigenvalue weighted by Crippen LogP contribution is 2.45. The zero-order valence-electron chi connectivity index (χ0n) is 40.5. The number of ether oxygens (including phenoxy) is 5. The molecule has 0 aliphatic carbocycles. The summed E-state index contributed by atoms with van der Waals surface area (Å²) in [6.07, 6.45) is -0.280. The highest BCUT2D eigenvalue weighted by Gasteiger charge is 2.38. The van der Waals surface area contributed by atoms with E-state index in [4.69, 9.17) is 50.9 Å². The molecule has 0 bridgehead atoms. The SMILES string of the molecule is COc1ccc(/C=C/C(=O)N2CC(CCl)c3c2cc(NC(=O)C(CCCCN)NC(=O)C(NC(=O)CCOCCOCCOCCOCCNC(=O)CBr)C(C)C)c2ccccc32)cc1.O=C(O)C(F)(F)F. The molecule has 0 saturated heterocycles. The number of carbonyl (C=O) groups is 6. The highest BCUT2D eigenvalue weighted by molar-refractivity contribution is 9.09. The summed E-state index contributed by atoms with van der Waals surface area (Å²) in [4.78, 5) is 76.5. The molecule has 398 valence electrons. The van der Waals surface area contributed by atoms with Crippen molar-refractivity contribution in [3.63, 3.8) is 0 Å². The smallest absolute Gasteiger partial charge is 0.490 e. The van der Waals surface area contributed by atoms with E-state index in [1.807, 2.05) is 62.4 Å². The van der Waals surface area contributed by atoms with E-state index in [9.17, 15) is 37.1 Å². The number of alkyl halides is 5. The molecule has 0 spiro atoms. The molecule has 1 heterocycles. The molecule has 7 N–H and O–H groups in total. The van der Waals surface area contributed by atoms with Gasteiger partial charge in [0.2, 0.25) is 23.6 Å². The zero-order valence-corrected chi connectivity index (χ0v) is 42.9. The number of unbranched alkanes of at least 4 members (excludes halogenated alkanes) is 1. The summed E-state index contributed by atoms with van der Waals surface area (Å²) >= 11 is 9.59. The van der Waals surface area contributed by atoms with Crippen LogP contribution in [0.5, 0.6) is 5.75 Å². The number of hydrogen-bond acceptors (Lipinski definition) is 12. The fraction of sp³-hybridized carbons (Fsp3) is 0.510. The molecule has 0 aromatic heterocycles. The van der Waals surface area contributed by atoms with Crippen LogP contribution < -0.4 is 36.6 Å². The van der Waals surface area contributed by atoms with Gasteiger partial charge < -0.3 is 60.7 Å². The van der Waals surface area contributed by atoms with Gasteiger partial charge in [-0.15, -0.1) is 11.6 Å². The van der Waals surface area contributed by atoms with Crippen LogP contribution in [0.15, 0.2) is 60.7 Å². The standard InChI is InChI=1S/C47H64BrClN6O10.C2HF3O2/c1-32(2)45(54-41(56)17-20-62-22-24-64-26-27-65-25-23-63-21-19-51-42(57)29-48)47(60)52-38(10-6-7-18-50)46(59)53-39-28-40-44(37-9-5-4-8-36(37)39)34(30-49)31-55(40)43(58)16-13-33-11-14-35(61-3)15-12-33;3-2(4,5)1(6)7/h4-5,8-9,11-16,28,32,34,38,45H,6-7,10,17-27,29-31,50H2,1-3H3,(H,51,57)(H,52,60)(H,53,59)(H,54,56);(H,6,7)/b16-13+;.